The minimum absolute atomic E-state index is 0.275. The Balaban J connectivity index is 2.08. The van der Waals surface area contributed by atoms with E-state index in [1.807, 2.05) is 0 Å². The topological polar surface area (TPSA) is 12.0 Å². The summed E-state index contributed by atoms with van der Waals surface area (Å²) in [4.78, 5) is 0. The fourth-order valence-electron chi connectivity index (χ4n) is 4.20. The molecule has 1 N–H and O–H groups in total. The van der Waals surface area contributed by atoms with Crippen LogP contribution in [-0.2, 0) is 0 Å². The molecule has 0 amide bonds. The van der Waals surface area contributed by atoms with E-state index in [0.717, 1.165) is 18.8 Å². The second-order valence-electron chi connectivity index (χ2n) is 6.84. The minimum atomic E-state index is 0.275. The fourth-order valence-corrected chi connectivity index (χ4v) is 4.20. The highest BCUT2D eigenvalue weighted by Gasteiger charge is 2.61. The van der Waals surface area contributed by atoms with Crippen LogP contribution in [0.4, 0.5) is 0 Å². The SMILES string of the molecule is C#CC(CCC)NC1CC2CCC1(C)C2(C)C. The summed E-state index contributed by atoms with van der Waals surface area (Å²) in [5.41, 5.74) is 0.927. The molecule has 4 unspecified atom stereocenters. The van der Waals surface area contributed by atoms with Gasteiger partial charge in [0, 0.05) is 6.04 Å². The molecule has 0 aliphatic heterocycles. The van der Waals surface area contributed by atoms with Gasteiger partial charge in [-0.1, -0.05) is 40.0 Å². The average molecular weight is 233 g/mol. The summed E-state index contributed by atoms with van der Waals surface area (Å²) in [5, 5.41) is 3.76. The third-order valence-electron chi connectivity index (χ3n) is 5.97. The van der Waals surface area contributed by atoms with E-state index in [-0.39, 0.29) is 6.04 Å². The van der Waals surface area contributed by atoms with E-state index in [1.165, 1.54) is 19.3 Å². The number of terminal acetylenes is 1. The van der Waals surface area contributed by atoms with Crippen molar-refractivity contribution in [2.45, 2.75) is 71.9 Å². The highest BCUT2D eigenvalue weighted by atomic mass is 15.0. The van der Waals surface area contributed by atoms with E-state index < -0.39 is 0 Å². The first-order chi connectivity index (χ1) is 7.95. The molecule has 2 aliphatic rings. The molecule has 4 atom stereocenters. The first kappa shape index (κ1) is 13.0. The second kappa shape index (κ2) is 4.32. The van der Waals surface area contributed by atoms with E-state index in [9.17, 15) is 0 Å². The minimum Gasteiger partial charge on any atom is -0.300 e. The van der Waals surface area contributed by atoms with Crippen molar-refractivity contribution in [2.24, 2.45) is 16.7 Å². The van der Waals surface area contributed by atoms with Crippen LogP contribution < -0.4 is 5.32 Å². The molecule has 0 heterocycles. The zero-order valence-electron chi connectivity index (χ0n) is 11.8. The van der Waals surface area contributed by atoms with Crippen molar-refractivity contribution in [3.8, 4) is 12.3 Å². The maximum Gasteiger partial charge on any atom is 0.0689 e. The Labute approximate surface area is 107 Å². The molecule has 96 valence electrons. The first-order valence-corrected chi connectivity index (χ1v) is 7.18. The van der Waals surface area contributed by atoms with Crippen LogP contribution in [0.5, 0.6) is 0 Å². The number of fused-ring (bicyclic) bond motifs is 2. The average Bonchev–Trinajstić information content (AvgIpc) is 2.61. The lowest BCUT2D eigenvalue weighted by Crippen LogP contribution is -2.48. The van der Waals surface area contributed by atoms with Crippen LogP contribution in [0.1, 0.15) is 59.8 Å². The zero-order valence-corrected chi connectivity index (χ0v) is 11.8. The Morgan fingerprint density at radius 3 is 2.53 bits per heavy atom. The van der Waals surface area contributed by atoms with Crippen LogP contribution in [0.3, 0.4) is 0 Å². The van der Waals surface area contributed by atoms with Gasteiger partial charge in [-0.2, -0.15) is 0 Å². The van der Waals surface area contributed by atoms with Crippen molar-refractivity contribution >= 4 is 0 Å². The van der Waals surface area contributed by atoms with Gasteiger partial charge in [0.1, 0.15) is 0 Å². The van der Waals surface area contributed by atoms with Gasteiger partial charge >= 0.3 is 0 Å². The highest BCUT2D eigenvalue weighted by Crippen LogP contribution is 2.65. The lowest BCUT2D eigenvalue weighted by Gasteiger charge is -2.40. The summed E-state index contributed by atoms with van der Waals surface area (Å²) in [6, 6.07) is 0.904. The van der Waals surface area contributed by atoms with Gasteiger partial charge in [-0.05, 0) is 42.4 Å². The lowest BCUT2D eigenvalue weighted by molar-refractivity contribution is 0.118. The van der Waals surface area contributed by atoms with Crippen LogP contribution in [0.15, 0.2) is 0 Å². The predicted molar refractivity (Wildman–Crippen MR) is 73.7 cm³/mol. The van der Waals surface area contributed by atoms with Gasteiger partial charge in [-0.15, -0.1) is 6.42 Å². The molecule has 2 saturated carbocycles. The van der Waals surface area contributed by atoms with E-state index in [1.54, 1.807) is 0 Å². The van der Waals surface area contributed by atoms with Gasteiger partial charge in [-0.25, -0.2) is 0 Å². The van der Waals surface area contributed by atoms with Crippen LogP contribution in [0.25, 0.3) is 0 Å². The largest absolute Gasteiger partial charge is 0.300 e. The smallest absolute Gasteiger partial charge is 0.0689 e. The molecule has 1 heteroatoms. The van der Waals surface area contributed by atoms with E-state index in [2.05, 4.69) is 38.9 Å². The third kappa shape index (κ3) is 1.82. The molecule has 0 aromatic heterocycles. The van der Waals surface area contributed by atoms with Gasteiger partial charge in [0.15, 0.2) is 0 Å². The van der Waals surface area contributed by atoms with E-state index in [4.69, 9.17) is 6.42 Å². The van der Waals surface area contributed by atoms with Crippen LogP contribution in [0, 0.1) is 29.1 Å². The molecule has 2 fully saturated rings. The summed E-state index contributed by atoms with van der Waals surface area (Å²) in [6.45, 7) is 9.59. The van der Waals surface area contributed by atoms with E-state index in [0.29, 0.717) is 16.9 Å². The molecule has 0 radical (unpaired) electrons. The number of rotatable bonds is 4. The van der Waals surface area contributed by atoms with Gasteiger partial charge in [0.25, 0.3) is 0 Å². The molecule has 0 saturated heterocycles. The summed E-state index contributed by atoms with van der Waals surface area (Å²) < 4.78 is 0. The number of nitrogens with one attached hydrogen (secondary N) is 1. The first-order valence-electron chi connectivity index (χ1n) is 7.18. The monoisotopic (exact) mass is 233 g/mol. The molecule has 2 rings (SSSR count). The molecule has 2 bridgehead atoms. The van der Waals surface area contributed by atoms with Gasteiger partial charge in [0.05, 0.1) is 6.04 Å². The van der Waals surface area contributed by atoms with Crippen molar-refractivity contribution in [1.29, 1.82) is 0 Å². The summed E-state index contributed by atoms with van der Waals surface area (Å²) in [7, 11) is 0. The lowest BCUT2D eigenvalue weighted by atomic mass is 9.69. The maximum atomic E-state index is 5.63. The second-order valence-corrected chi connectivity index (χ2v) is 6.84. The Morgan fingerprint density at radius 2 is 2.12 bits per heavy atom. The van der Waals surface area contributed by atoms with Gasteiger partial charge in [0.2, 0.25) is 0 Å². The van der Waals surface area contributed by atoms with Crippen molar-refractivity contribution in [3.05, 3.63) is 0 Å². The van der Waals surface area contributed by atoms with Crippen molar-refractivity contribution < 1.29 is 0 Å². The van der Waals surface area contributed by atoms with Crippen molar-refractivity contribution in [2.75, 3.05) is 0 Å². The quantitative estimate of drug-likeness (QED) is 0.732. The summed E-state index contributed by atoms with van der Waals surface area (Å²) in [5.74, 6) is 3.82. The van der Waals surface area contributed by atoms with E-state index >= 15 is 0 Å². The molecule has 1 nitrogen and oxygen atoms in total. The zero-order chi connectivity index (χ0) is 12.7. The molecule has 17 heavy (non-hydrogen) atoms. The fraction of sp³-hybridized carbons (Fsp3) is 0.875. The van der Waals surface area contributed by atoms with Crippen LogP contribution in [0.2, 0.25) is 0 Å². The molecular formula is C16H27N. The van der Waals surface area contributed by atoms with Crippen LogP contribution >= 0.6 is 0 Å². The van der Waals surface area contributed by atoms with Crippen LogP contribution in [-0.4, -0.2) is 12.1 Å². The van der Waals surface area contributed by atoms with Gasteiger partial charge < -0.3 is 5.32 Å². The molecule has 0 aromatic rings. The number of hydrogen-bond donors (Lipinski definition) is 1. The third-order valence-corrected chi connectivity index (χ3v) is 5.97. The Morgan fingerprint density at radius 1 is 1.41 bits per heavy atom. The molecular weight excluding hydrogens is 206 g/mol. The summed E-state index contributed by atoms with van der Waals surface area (Å²) >= 11 is 0. The predicted octanol–water partition coefficient (Wildman–Crippen LogP) is 3.59. The standard InChI is InChI=1S/C16H27N/c1-6-8-13(7-2)17-14-11-12-9-10-16(14,5)15(12,3)4/h2,12-14,17H,6,8-11H2,1,3-5H3. The normalized spacial score (nSPS) is 40.2. The molecule has 0 spiro atoms. The molecule has 2 aliphatic carbocycles. The Hall–Kier alpha value is -0.480. The van der Waals surface area contributed by atoms with Crippen molar-refractivity contribution in [1.82, 2.24) is 5.32 Å². The Kier molecular flexibility index (Phi) is 3.29. The maximum absolute atomic E-state index is 5.63. The Bertz CT molecular complexity index is 325. The molecule has 0 aromatic carbocycles. The summed E-state index contributed by atoms with van der Waals surface area (Å²) in [6.07, 6.45) is 12.0. The van der Waals surface area contributed by atoms with Crippen molar-refractivity contribution in [3.63, 3.8) is 0 Å². The highest BCUT2D eigenvalue weighted by molar-refractivity contribution is 5.14. The number of hydrogen-bond acceptors (Lipinski definition) is 1. The van der Waals surface area contributed by atoms with Gasteiger partial charge in [-0.3, -0.25) is 0 Å².